The van der Waals surface area contributed by atoms with Gasteiger partial charge in [0.1, 0.15) is 23.0 Å². The highest BCUT2D eigenvalue weighted by Gasteiger charge is 2.17. The van der Waals surface area contributed by atoms with E-state index in [2.05, 4.69) is 4.98 Å². The Bertz CT molecular complexity index is 760. The third-order valence-corrected chi connectivity index (χ3v) is 3.61. The predicted octanol–water partition coefficient (Wildman–Crippen LogP) is 2.12. The van der Waals surface area contributed by atoms with Gasteiger partial charge in [-0.25, -0.2) is 4.98 Å². The average Bonchev–Trinajstić information content (AvgIpc) is 2.48. The summed E-state index contributed by atoms with van der Waals surface area (Å²) in [4.78, 5) is 27.3. The molecule has 2 N–H and O–H groups in total. The topological polar surface area (TPSA) is 87.2 Å². The highest BCUT2D eigenvalue weighted by atomic mass is 35.5. The van der Waals surface area contributed by atoms with Crippen molar-refractivity contribution in [2.75, 3.05) is 0 Å². The van der Waals surface area contributed by atoms with Gasteiger partial charge in [0.2, 0.25) is 5.56 Å². The van der Waals surface area contributed by atoms with Crippen molar-refractivity contribution in [3.63, 3.8) is 0 Å². The average molecular weight is 393 g/mol. The van der Waals surface area contributed by atoms with Gasteiger partial charge in [-0.1, -0.05) is 29.3 Å². The molecule has 0 amide bonds. The largest absolute Gasteiger partial charge is 0.460 e. The summed E-state index contributed by atoms with van der Waals surface area (Å²) in [5, 5.41) is 0.430. The SMILES string of the molecule is Cl.Cn1c(C[C@H](N)C(=O)OCc2cc(Cl)nc(Cl)c2)cccc1=O. The van der Waals surface area contributed by atoms with Crippen molar-refractivity contribution in [1.29, 1.82) is 0 Å². The van der Waals surface area contributed by atoms with E-state index in [1.54, 1.807) is 31.3 Å². The summed E-state index contributed by atoms with van der Waals surface area (Å²) in [5.74, 6) is -0.578. The molecule has 2 aromatic rings. The van der Waals surface area contributed by atoms with E-state index < -0.39 is 12.0 Å². The number of esters is 1. The Balaban J connectivity index is 0.00000288. The van der Waals surface area contributed by atoms with E-state index >= 15 is 0 Å². The molecule has 0 fully saturated rings. The lowest BCUT2D eigenvalue weighted by atomic mass is 10.1. The molecule has 130 valence electrons. The highest BCUT2D eigenvalue weighted by molar-refractivity contribution is 6.32. The molecular weight excluding hydrogens is 377 g/mol. The maximum atomic E-state index is 12.0. The number of carbonyl (C=O) groups is 1. The lowest BCUT2D eigenvalue weighted by Crippen LogP contribution is -2.36. The van der Waals surface area contributed by atoms with Crippen LogP contribution in [0.2, 0.25) is 10.3 Å². The third kappa shape index (κ3) is 5.49. The van der Waals surface area contributed by atoms with Crippen LogP contribution >= 0.6 is 35.6 Å². The molecule has 0 aromatic carbocycles. The van der Waals surface area contributed by atoms with E-state index in [0.29, 0.717) is 11.3 Å². The molecule has 0 saturated carbocycles. The van der Waals surface area contributed by atoms with Crippen LogP contribution in [-0.4, -0.2) is 21.6 Å². The second-order valence-electron chi connectivity index (χ2n) is 4.95. The van der Waals surface area contributed by atoms with Crippen molar-refractivity contribution in [2.24, 2.45) is 12.8 Å². The van der Waals surface area contributed by atoms with Gasteiger partial charge in [0.15, 0.2) is 0 Å². The first kappa shape index (κ1) is 20.4. The van der Waals surface area contributed by atoms with Crippen LogP contribution < -0.4 is 11.3 Å². The summed E-state index contributed by atoms with van der Waals surface area (Å²) in [6.07, 6.45) is 0.198. The summed E-state index contributed by atoms with van der Waals surface area (Å²) in [5.41, 5.74) is 6.94. The molecule has 9 heteroatoms. The number of aromatic nitrogens is 2. The monoisotopic (exact) mass is 391 g/mol. The standard InChI is InChI=1S/C15H15Cl2N3O3.ClH/c1-20-10(3-2-4-14(20)21)7-11(18)15(22)23-8-9-5-12(16)19-13(17)6-9;/h2-6,11H,7-8,18H2,1H3;1H/t11-;/m0./s1. The molecule has 0 radical (unpaired) electrons. The Morgan fingerprint density at radius 3 is 2.58 bits per heavy atom. The normalized spacial score (nSPS) is 11.5. The van der Waals surface area contributed by atoms with Crippen molar-refractivity contribution in [3.05, 3.63) is 62.2 Å². The van der Waals surface area contributed by atoms with Crippen LogP contribution in [0.4, 0.5) is 0 Å². The van der Waals surface area contributed by atoms with Crippen LogP contribution in [0.1, 0.15) is 11.3 Å². The fourth-order valence-corrected chi connectivity index (χ4v) is 2.48. The van der Waals surface area contributed by atoms with Gasteiger partial charge in [0, 0.05) is 25.2 Å². The molecule has 2 aromatic heterocycles. The molecule has 2 heterocycles. The molecule has 6 nitrogen and oxygen atoms in total. The Morgan fingerprint density at radius 2 is 1.96 bits per heavy atom. The van der Waals surface area contributed by atoms with Crippen molar-refractivity contribution in [1.82, 2.24) is 9.55 Å². The van der Waals surface area contributed by atoms with E-state index in [-0.39, 0.29) is 41.3 Å². The fraction of sp³-hybridized carbons (Fsp3) is 0.267. The smallest absolute Gasteiger partial charge is 0.323 e. The maximum absolute atomic E-state index is 12.0. The first-order chi connectivity index (χ1) is 10.9. The fourth-order valence-electron chi connectivity index (χ4n) is 1.98. The van der Waals surface area contributed by atoms with Gasteiger partial charge >= 0.3 is 5.97 Å². The van der Waals surface area contributed by atoms with Gasteiger partial charge in [-0.15, -0.1) is 12.4 Å². The molecular formula is C15H16Cl3N3O3. The number of halogens is 3. The van der Waals surface area contributed by atoms with E-state index in [4.69, 9.17) is 33.7 Å². The molecule has 0 unspecified atom stereocenters. The number of nitrogens with two attached hydrogens (primary N) is 1. The van der Waals surface area contributed by atoms with Crippen molar-refractivity contribution < 1.29 is 9.53 Å². The first-order valence-corrected chi connectivity index (χ1v) is 7.51. The Labute approximate surface area is 154 Å². The zero-order valence-corrected chi connectivity index (χ0v) is 15.1. The van der Waals surface area contributed by atoms with Crippen LogP contribution in [0.15, 0.2) is 35.1 Å². The minimum absolute atomic E-state index is 0. The molecule has 0 aliphatic rings. The lowest BCUT2D eigenvalue weighted by Gasteiger charge is -2.14. The number of hydrogen-bond donors (Lipinski definition) is 1. The molecule has 0 bridgehead atoms. The van der Waals surface area contributed by atoms with E-state index in [0.717, 1.165) is 0 Å². The van der Waals surface area contributed by atoms with E-state index in [9.17, 15) is 9.59 Å². The van der Waals surface area contributed by atoms with Gasteiger partial charge < -0.3 is 15.0 Å². The summed E-state index contributed by atoms with van der Waals surface area (Å²) in [7, 11) is 1.62. The van der Waals surface area contributed by atoms with Gasteiger partial charge in [-0.2, -0.15) is 0 Å². The zero-order valence-electron chi connectivity index (χ0n) is 12.7. The van der Waals surface area contributed by atoms with Crippen molar-refractivity contribution in [2.45, 2.75) is 19.1 Å². The first-order valence-electron chi connectivity index (χ1n) is 6.76. The summed E-state index contributed by atoms with van der Waals surface area (Å²) >= 11 is 11.5. The molecule has 2 rings (SSSR count). The Hall–Kier alpha value is -1.60. The quantitative estimate of drug-likeness (QED) is 0.622. The van der Waals surface area contributed by atoms with E-state index in [1.165, 1.54) is 10.6 Å². The number of hydrogen-bond acceptors (Lipinski definition) is 5. The van der Waals surface area contributed by atoms with Crippen LogP contribution in [0.25, 0.3) is 0 Å². The molecule has 24 heavy (non-hydrogen) atoms. The second kappa shape index (κ2) is 9.03. The number of pyridine rings is 2. The zero-order chi connectivity index (χ0) is 17.0. The maximum Gasteiger partial charge on any atom is 0.323 e. The molecule has 0 spiro atoms. The van der Waals surface area contributed by atoms with Crippen LogP contribution in [0.3, 0.4) is 0 Å². The van der Waals surface area contributed by atoms with Gasteiger partial charge in [0.25, 0.3) is 0 Å². The number of nitrogens with zero attached hydrogens (tertiary/aromatic N) is 2. The predicted molar refractivity (Wildman–Crippen MR) is 94.7 cm³/mol. The van der Waals surface area contributed by atoms with Crippen molar-refractivity contribution >= 4 is 41.6 Å². The van der Waals surface area contributed by atoms with Crippen LogP contribution in [0, 0.1) is 0 Å². The number of ether oxygens (including phenoxy) is 1. The lowest BCUT2D eigenvalue weighted by molar-refractivity contribution is -0.146. The summed E-state index contributed by atoms with van der Waals surface area (Å²) < 4.78 is 6.59. The van der Waals surface area contributed by atoms with Crippen LogP contribution in [0.5, 0.6) is 0 Å². The van der Waals surface area contributed by atoms with Gasteiger partial charge in [0.05, 0.1) is 0 Å². The van der Waals surface area contributed by atoms with Gasteiger partial charge in [-0.3, -0.25) is 9.59 Å². The Kier molecular flexibility index (Phi) is 7.69. The summed E-state index contributed by atoms with van der Waals surface area (Å²) in [6, 6.07) is 7.01. The third-order valence-electron chi connectivity index (χ3n) is 3.22. The molecule has 0 saturated heterocycles. The number of carbonyl (C=O) groups excluding carboxylic acids is 1. The van der Waals surface area contributed by atoms with Gasteiger partial charge in [-0.05, 0) is 23.8 Å². The number of rotatable bonds is 5. The summed E-state index contributed by atoms with van der Waals surface area (Å²) in [6.45, 7) is -0.0117. The second-order valence-corrected chi connectivity index (χ2v) is 5.73. The minimum Gasteiger partial charge on any atom is -0.460 e. The molecule has 0 aliphatic heterocycles. The Morgan fingerprint density at radius 1 is 1.33 bits per heavy atom. The minimum atomic E-state index is -0.879. The van der Waals surface area contributed by atoms with Crippen LogP contribution in [-0.2, 0) is 29.6 Å². The van der Waals surface area contributed by atoms with Crippen molar-refractivity contribution in [3.8, 4) is 0 Å². The molecule has 1 atom stereocenters. The van der Waals surface area contributed by atoms with E-state index in [1.807, 2.05) is 0 Å². The highest BCUT2D eigenvalue weighted by Crippen LogP contribution is 2.15. The molecule has 0 aliphatic carbocycles.